The van der Waals surface area contributed by atoms with Crippen molar-refractivity contribution >= 4 is 21.6 Å². The molecule has 0 aromatic heterocycles. The van der Waals surface area contributed by atoms with Crippen LogP contribution in [0.2, 0.25) is 0 Å². The van der Waals surface area contributed by atoms with E-state index in [2.05, 4.69) is 0 Å². The molecule has 5 heteroatoms. The van der Waals surface area contributed by atoms with Crippen LogP contribution in [0.4, 0.5) is 0 Å². The van der Waals surface area contributed by atoms with Crippen LogP contribution in [0.1, 0.15) is 39.0 Å². The molecule has 0 saturated carbocycles. The van der Waals surface area contributed by atoms with Crippen LogP contribution in [0.3, 0.4) is 0 Å². The highest BCUT2D eigenvalue weighted by molar-refractivity contribution is 8.00. The minimum Gasteiger partial charge on any atom is -0.392 e. The molecule has 2 atom stereocenters. The smallest absolute Gasteiger partial charge is 0.150 e. The van der Waals surface area contributed by atoms with Crippen molar-refractivity contribution in [2.24, 2.45) is 0 Å². The summed E-state index contributed by atoms with van der Waals surface area (Å²) in [6, 6.07) is 0. The third-order valence-electron chi connectivity index (χ3n) is 3.04. The number of aliphatic hydroxyl groups excluding tert-OH is 1. The van der Waals surface area contributed by atoms with E-state index in [1.165, 1.54) is 12.8 Å². The summed E-state index contributed by atoms with van der Waals surface area (Å²) in [4.78, 5) is 0. The Labute approximate surface area is 103 Å². The first kappa shape index (κ1) is 14.3. The zero-order chi connectivity index (χ0) is 12.0. The maximum Gasteiger partial charge on any atom is 0.150 e. The van der Waals surface area contributed by atoms with Gasteiger partial charge in [-0.25, -0.2) is 8.42 Å². The summed E-state index contributed by atoms with van der Waals surface area (Å²) in [6.45, 7) is 1.67. The SMILES string of the molecule is CCS(=O)(=O)CCCC(O)C1CCCCS1. The molecule has 2 unspecified atom stereocenters. The van der Waals surface area contributed by atoms with Crippen LogP contribution in [0.15, 0.2) is 0 Å². The Hall–Kier alpha value is 0.260. The molecule has 96 valence electrons. The first-order valence-electron chi connectivity index (χ1n) is 6.05. The average Bonchev–Trinajstić information content (AvgIpc) is 2.30. The molecule has 1 fully saturated rings. The van der Waals surface area contributed by atoms with E-state index in [1.54, 1.807) is 6.92 Å². The first-order chi connectivity index (χ1) is 7.55. The van der Waals surface area contributed by atoms with Gasteiger partial charge in [0.05, 0.1) is 11.9 Å². The van der Waals surface area contributed by atoms with E-state index in [1.807, 2.05) is 11.8 Å². The number of hydrogen-bond donors (Lipinski definition) is 1. The van der Waals surface area contributed by atoms with Crippen LogP contribution in [-0.4, -0.2) is 42.1 Å². The summed E-state index contributed by atoms with van der Waals surface area (Å²) in [5.41, 5.74) is 0. The van der Waals surface area contributed by atoms with Crippen molar-refractivity contribution in [2.75, 3.05) is 17.3 Å². The van der Waals surface area contributed by atoms with Crippen LogP contribution >= 0.6 is 11.8 Å². The maximum atomic E-state index is 11.3. The van der Waals surface area contributed by atoms with Crippen LogP contribution in [0.5, 0.6) is 0 Å². The van der Waals surface area contributed by atoms with E-state index < -0.39 is 9.84 Å². The fraction of sp³-hybridized carbons (Fsp3) is 1.00. The lowest BCUT2D eigenvalue weighted by Crippen LogP contribution is -2.26. The van der Waals surface area contributed by atoms with Crippen LogP contribution in [-0.2, 0) is 9.84 Å². The van der Waals surface area contributed by atoms with E-state index in [0.717, 1.165) is 12.2 Å². The quantitative estimate of drug-likeness (QED) is 0.797. The van der Waals surface area contributed by atoms with Crippen LogP contribution in [0, 0.1) is 0 Å². The monoisotopic (exact) mass is 266 g/mol. The molecule has 0 aromatic rings. The van der Waals surface area contributed by atoms with Crippen molar-refractivity contribution in [1.82, 2.24) is 0 Å². The Morgan fingerprint density at radius 2 is 2.19 bits per heavy atom. The van der Waals surface area contributed by atoms with Gasteiger partial charge in [0.15, 0.2) is 0 Å². The normalized spacial score (nSPS) is 24.2. The molecular formula is C11H22O3S2. The van der Waals surface area contributed by atoms with Gasteiger partial charge in [-0.2, -0.15) is 11.8 Å². The molecule has 1 aliphatic rings. The zero-order valence-electron chi connectivity index (χ0n) is 9.89. The number of hydrogen-bond acceptors (Lipinski definition) is 4. The Balaban J connectivity index is 2.21. The largest absolute Gasteiger partial charge is 0.392 e. The molecule has 1 rings (SSSR count). The van der Waals surface area contributed by atoms with Gasteiger partial charge in [0.2, 0.25) is 0 Å². The highest BCUT2D eigenvalue weighted by atomic mass is 32.2. The van der Waals surface area contributed by atoms with Crippen molar-refractivity contribution in [2.45, 2.75) is 50.4 Å². The summed E-state index contributed by atoms with van der Waals surface area (Å²) >= 11 is 1.84. The van der Waals surface area contributed by atoms with Gasteiger partial charge < -0.3 is 5.11 Å². The van der Waals surface area contributed by atoms with E-state index in [9.17, 15) is 13.5 Å². The van der Waals surface area contributed by atoms with Crippen molar-refractivity contribution in [3.8, 4) is 0 Å². The third-order valence-corrected chi connectivity index (χ3v) is 6.33. The molecule has 0 bridgehead atoms. The molecule has 1 aliphatic heterocycles. The molecule has 0 aliphatic carbocycles. The van der Waals surface area contributed by atoms with Gasteiger partial charge in [0.1, 0.15) is 9.84 Å². The number of sulfone groups is 1. The van der Waals surface area contributed by atoms with Crippen LogP contribution < -0.4 is 0 Å². The molecule has 0 aromatic carbocycles. The Bertz CT molecular complexity index is 282. The summed E-state index contributed by atoms with van der Waals surface area (Å²) < 4.78 is 22.5. The highest BCUT2D eigenvalue weighted by Crippen LogP contribution is 2.29. The lowest BCUT2D eigenvalue weighted by atomic mass is 10.1. The molecular weight excluding hydrogens is 244 g/mol. The predicted molar refractivity (Wildman–Crippen MR) is 69.7 cm³/mol. The lowest BCUT2D eigenvalue weighted by molar-refractivity contribution is 0.155. The molecule has 1 N–H and O–H groups in total. The van der Waals surface area contributed by atoms with Gasteiger partial charge >= 0.3 is 0 Å². The topological polar surface area (TPSA) is 54.4 Å². The van der Waals surface area contributed by atoms with Gasteiger partial charge in [-0.05, 0) is 31.4 Å². The van der Waals surface area contributed by atoms with Crippen molar-refractivity contribution < 1.29 is 13.5 Å². The highest BCUT2D eigenvalue weighted by Gasteiger charge is 2.22. The second-order valence-electron chi connectivity index (χ2n) is 4.35. The van der Waals surface area contributed by atoms with Gasteiger partial charge in [-0.15, -0.1) is 0 Å². The minimum absolute atomic E-state index is 0.210. The molecule has 0 spiro atoms. The fourth-order valence-corrected chi connectivity index (χ4v) is 4.17. The van der Waals surface area contributed by atoms with E-state index >= 15 is 0 Å². The van der Waals surface area contributed by atoms with Crippen molar-refractivity contribution in [3.05, 3.63) is 0 Å². The first-order valence-corrected chi connectivity index (χ1v) is 8.92. The molecule has 0 radical (unpaired) electrons. The van der Waals surface area contributed by atoms with E-state index in [-0.39, 0.29) is 17.6 Å². The van der Waals surface area contributed by atoms with Crippen LogP contribution in [0.25, 0.3) is 0 Å². The summed E-state index contributed by atoms with van der Waals surface area (Å²) in [6.07, 6.45) is 4.41. The van der Waals surface area contributed by atoms with Gasteiger partial charge in [0.25, 0.3) is 0 Å². The Morgan fingerprint density at radius 1 is 1.44 bits per heavy atom. The second kappa shape index (κ2) is 6.87. The molecule has 3 nitrogen and oxygen atoms in total. The molecule has 0 amide bonds. The second-order valence-corrected chi connectivity index (χ2v) is 8.17. The fourth-order valence-electron chi connectivity index (χ4n) is 1.91. The van der Waals surface area contributed by atoms with Crippen molar-refractivity contribution in [1.29, 1.82) is 0 Å². The Kier molecular flexibility index (Phi) is 6.15. The van der Waals surface area contributed by atoms with E-state index in [0.29, 0.717) is 18.1 Å². The van der Waals surface area contributed by atoms with Gasteiger partial charge in [-0.1, -0.05) is 13.3 Å². The van der Waals surface area contributed by atoms with E-state index in [4.69, 9.17) is 0 Å². The number of thioether (sulfide) groups is 1. The molecule has 1 saturated heterocycles. The summed E-state index contributed by atoms with van der Waals surface area (Å²) in [5.74, 6) is 1.56. The summed E-state index contributed by atoms with van der Waals surface area (Å²) in [7, 11) is -2.86. The maximum absolute atomic E-state index is 11.3. The molecule has 16 heavy (non-hydrogen) atoms. The minimum atomic E-state index is -2.86. The lowest BCUT2D eigenvalue weighted by Gasteiger charge is -2.26. The average molecular weight is 266 g/mol. The Morgan fingerprint density at radius 3 is 2.75 bits per heavy atom. The third kappa shape index (κ3) is 5.06. The summed E-state index contributed by atoms with van der Waals surface area (Å²) in [5, 5.41) is 10.3. The zero-order valence-corrected chi connectivity index (χ0v) is 11.5. The number of aliphatic hydroxyl groups is 1. The molecule has 1 heterocycles. The predicted octanol–water partition coefficient (Wildman–Crippen LogP) is 1.85. The number of rotatable bonds is 6. The van der Waals surface area contributed by atoms with Gasteiger partial charge in [0, 0.05) is 11.0 Å². The van der Waals surface area contributed by atoms with Crippen molar-refractivity contribution in [3.63, 3.8) is 0 Å². The van der Waals surface area contributed by atoms with Gasteiger partial charge in [-0.3, -0.25) is 0 Å². The standard InChI is InChI=1S/C11H22O3S2/c1-2-16(13,14)9-5-6-10(12)11-7-3-4-8-15-11/h10-12H,2-9H2,1H3.